The molecule has 0 saturated carbocycles. The predicted molar refractivity (Wildman–Crippen MR) is 87.2 cm³/mol. The number of hydrogen-bond donors (Lipinski definition) is 2. The molecule has 0 bridgehead atoms. The number of aliphatic hydroxyl groups is 1. The van der Waals surface area contributed by atoms with Gasteiger partial charge in [-0.2, -0.15) is 0 Å². The average molecular weight is 338 g/mol. The molecule has 1 amide bonds. The summed E-state index contributed by atoms with van der Waals surface area (Å²) in [5.74, 6) is -0.664. The Hall–Kier alpha value is -2.11. The maximum absolute atomic E-state index is 13.0. The second-order valence-corrected chi connectivity index (χ2v) is 5.49. The van der Waals surface area contributed by atoms with E-state index in [1.54, 1.807) is 38.1 Å². The minimum absolute atomic E-state index is 0.0917. The fraction of sp³-hybridized carbons (Fsp3) is 0.235. The number of nitrogens with one attached hydrogen (secondary N) is 1. The number of rotatable bonds is 5. The van der Waals surface area contributed by atoms with Crippen LogP contribution in [0.4, 0.5) is 10.1 Å². The van der Waals surface area contributed by atoms with Crippen LogP contribution in [0.1, 0.15) is 25.5 Å². The summed E-state index contributed by atoms with van der Waals surface area (Å²) in [5, 5.41) is 12.5. The van der Waals surface area contributed by atoms with Crippen LogP contribution in [0.2, 0.25) is 5.02 Å². The van der Waals surface area contributed by atoms with E-state index in [4.69, 9.17) is 16.3 Å². The highest BCUT2D eigenvalue weighted by molar-refractivity contribution is 6.32. The minimum Gasteiger partial charge on any atom is -0.479 e. The van der Waals surface area contributed by atoms with Crippen LogP contribution in [0.5, 0.6) is 5.75 Å². The number of benzene rings is 2. The molecule has 0 aromatic heterocycles. The van der Waals surface area contributed by atoms with Crippen molar-refractivity contribution in [3.8, 4) is 5.75 Å². The number of halogens is 2. The average Bonchev–Trinajstić information content (AvgIpc) is 2.50. The number of carbonyl (C=O) groups excluding carboxylic acids is 1. The van der Waals surface area contributed by atoms with Gasteiger partial charge in [0.15, 0.2) is 6.10 Å². The van der Waals surface area contributed by atoms with Crippen LogP contribution >= 0.6 is 11.6 Å². The van der Waals surface area contributed by atoms with E-state index in [1.165, 1.54) is 12.1 Å². The van der Waals surface area contributed by atoms with Gasteiger partial charge in [-0.05, 0) is 38.1 Å². The first-order valence-electron chi connectivity index (χ1n) is 7.08. The van der Waals surface area contributed by atoms with E-state index in [2.05, 4.69) is 5.32 Å². The van der Waals surface area contributed by atoms with Crippen molar-refractivity contribution in [1.29, 1.82) is 0 Å². The smallest absolute Gasteiger partial charge is 0.265 e. The number of anilines is 1. The fourth-order valence-corrected chi connectivity index (χ4v) is 2.24. The van der Waals surface area contributed by atoms with E-state index >= 15 is 0 Å². The Morgan fingerprint density at radius 3 is 2.61 bits per heavy atom. The van der Waals surface area contributed by atoms with Gasteiger partial charge in [0.2, 0.25) is 0 Å². The Labute approximate surface area is 138 Å². The van der Waals surface area contributed by atoms with Crippen LogP contribution in [0, 0.1) is 5.82 Å². The monoisotopic (exact) mass is 337 g/mol. The first-order valence-corrected chi connectivity index (χ1v) is 7.46. The molecule has 6 heteroatoms. The van der Waals surface area contributed by atoms with Crippen LogP contribution in [0.3, 0.4) is 0 Å². The second kappa shape index (κ2) is 7.44. The highest BCUT2D eigenvalue weighted by Gasteiger charge is 2.18. The van der Waals surface area contributed by atoms with E-state index in [-0.39, 0.29) is 10.8 Å². The van der Waals surface area contributed by atoms with Crippen molar-refractivity contribution >= 4 is 23.2 Å². The molecule has 122 valence electrons. The van der Waals surface area contributed by atoms with Crippen molar-refractivity contribution in [2.24, 2.45) is 0 Å². The number of amides is 1. The standard InChI is InChI=1S/C17H17ClFNO3/c1-10(21)13-5-3-4-6-15(13)20-17(22)11(2)23-16-8-7-12(19)9-14(16)18/h3-11,21H,1-2H3,(H,20,22). The molecule has 0 heterocycles. The molecule has 2 aromatic rings. The number of aliphatic hydroxyl groups excluding tert-OH is 1. The van der Waals surface area contributed by atoms with Crippen molar-refractivity contribution in [1.82, 2.24) is 0 Å². The van der Waals surface area contributed by atoms with Gasteiger partial charge >= 0.3 is 0 Å². The zero-order valence-corrected chi connectivity index (χ0v) is 13.5. The Kier molecular flexibility index (Phi) is 5.58. The SMILES string of the molecule is CC(Oc1ccc(F)cc1Cl)C(=O)Nc1ccccc1C(C)O. The van der Waals surface area contributed by atoms with Gasteiger partial charge in [-0.3, -0.25) is 4.79 Å². The van der Waals surface area contributed by atoms with E-state index in [1.807, 2.05) is 0 Å². The van der Waals surface area contributed by atoms with Gasteiger partial charge in [-0.15, -0.1) is 0 Å². The van der Waals surface area contributed by atoms with Gasteiger partial charge in [0.1, 0.15) is 11.6 Å². The van der Waals surface area contributed by atoms with Gasteiger partial charge in [0.25, 0.3) is 5.91 Å². The van der Waals surface area contributed by atoms with Crippen molar-refractivity contribution in [2.75, 3.05) is 5.32 Å². The van der Waals surface area contributed by atoms with E-state index in [0.29, 0.717) is 11.3 Å². The first kappa shape index (κ1) is 17.2. The summed E-state index contributed by atoms with van der Waals surface area (Å²) in [5.41, 5.74) is 1.11. The molecule has 2 aromatic carbocycles. The summed E-state index contributed by atoms with van der Waals surface area (Å²) in [7, 11) is 0. The highest BCUT2D eigenvalue weighted by Crippen LogP contribution is 2.26. The van der Waals surface area contributed by atoms with Gasteiger partial charge < -0.3 is 15.2 Å². The molecule has 2 N–H and O–H groups in total. The Morgan fingerprint density at radius 1 is 1.26 bits per heavy atom. The van der Waals surface area contributed by atoms with Crippen LogP contribution in [0.15, 0.2) is 42.5 Å². The number of para-hydroxylation sites is 1. The Bertz CT molecular complexity index is 706. The third-order valence-corrected chi connectivity index (χ3v) is 3.53. The molecular formula is C17H17ClFNO3. The van der Waals surface area contributed by atoms with Crippen molar-refractivity contribution < 1.29 is 19.0 Å². The second-order valence-electron chi connectivity index (χ2n) is 5.09. The first-order chi connectivity index (χ1) is 10.9. The molecule has 23 heavy (non-hydrogen) atoms. The van der Waals surface area contributed by atoms with Crippen molar-refractivity contribution in [2.45, 2.75) is 26.1 Å². The van der Waals surface area contributed by atoms with Crippen molar-refractivity contribution in [3.63, 3.8) is 0 Å². The molecule has 0 fully saturated rings. The Balaban J connectivity index is 2.09. The third kappa shape index (κ3) is 4.43. The van der Waals surface area contributed by atoms with Crippen LogP contribution in [-0.2, 0) is 4.79 Å². The van der Waals surface area contributed by atoms with Crippen LogP contribution in [-0.4, -0.2) is 17.1 Å². The zero-order chi connectivity index (χ0) is 17.0. The molecular weight excluding hydrogens is 321 g/mol. The lowest BCUT2D eigenvalue weighted by atomic mass is 10.1. The number of ether oxygens (including phenoxy) is 1. The van der Waals surface area contributed by atoms with E-state index in [0.717, 1.165) is 6.07 Å². The summed E-state index contributed by atoms with van der Waals surface area (Å²) in [6, 6.07) is 10.6. The molecule has 0 aliphatic carbocycles. The lowest BCUT2D eigenvalue weighted by molar-refractivity contribution is -0.122. The molecule has 2 rings (SSSR count). The minimum atomic E-state index is -0.847. The summed E-state index contributed by atoms with van der Waals surface area (Å²) in [4.78, 5) is 12.2. The lowest BCUT2D eigenvalue weighted by Gasteiger charge is -2.18. The largest absolute Gasteiger partial charge is 0.479 e. The molecule has 2 unspecified atom stereocenters. The molecule has 4 nitrogen and oxygen atoms in total. The summed E-state index contributed by atoms with van der Waals surface area (Å²) < 4.78 is 18.5. The van der Waals surface area contributed by atoms with E-state index < -0.39 is 23.9 Å². The van der Waals surface area contributed by atoms with Gasteiger partial charge in [-0.1, -0.05) is 29.8 Å². The lowest BCUT2D eigenvalue weighted by Crippen LogP contribution is -2.30. The third-order valence-electron chi connectivity index (χ3n) is 3.24. The normalized spacial score (nSPS) is 13.3. The molecule has 0 saturated heterocycles. The molecule has 0 aliphatic heterocycles. The van der Waals surface area contributed by atoms with Crippen LogP contribution in [0.25, 0.3) is 0 Å². The fourth-order valence-electron chi connectivity index (χ4n) is 2.02. The molecule has 0 radical (unpaired) electrons. The van der Waals surface area contributed by atoms with Gasteiger partial charge in [-0.25, -0.2) is 4.39 Å². The molecule has 0 aliphatic rings. The van der Waals surface area contributed by atoms with E-state index in [9.17, 15) is 14.3 Å². The molecule has 2 atom stereocenters. The zero-order valence-electron chi connectivity index (χ0n) is 12.7. The predicted octanol–water partition coefficient (Wildman–Crippen LogP) is 3.94. The van der Waals surface area contributed by atoms with Gasteiger partial charge in [0, 0.05) is 11.3 Å². The quantitative estimate of drug-likeness (QED) is 0.868. The van der Waals surface area contributed by atoms with Crippen LogP contribution < -0.4 is 10.1 Å². The maximum Gasteiger partial charge on any atom is 0.265 e. The van der Waals surface area contributed by atoms with Crippen molar-refractivity contribution in [3.05, 3.63) is 58.9 Å². The highest BCUT2D eigenvalue weighted by atomic mass is 35.5. The molecule has 0 spiro atoms. The maximum atomic E-state index is 13.0. The summed E-state index contributed by atoms with van der Waals surface area (Å²) in [6.07, 6.45) is -1.56. The van der Waals surface area contributed by atoms with Gasteiger partial charge in [0.05, 0.1) is 11.1 Å². The Morgan fingerprint density at radius 2 is 1.96 bits per heavy atom. The number of carbonyl (C=O) groups is 1. The summed E-state index contributed by atoms with van der Waals surface area (Å²) in [6.45, 7) is 3.17. The summed E-state index contributed by atoms with van der Waals surface area (Å²) >= 11 is 5.88. The topological polar surface area (TPSA) is 58.6 Å². The number of hydrogen-bond acceptors (Lipinski definition) is 3.